The Morgan fingerprint density at radius 3 is 2.60 bits per heavy atom. The molecule has 1 aliphatic heterocycles. The van der Waals surface area contributed by atoms with E-state index in [2.05, 4.69) is 27.7 Å². The molecule has 5 nitrogen and oxygen atoms in total. The average Bonchev–Trinajstić information content (AvgIpc) is 2.25. The van der Waals surface area contributed by atoms with Gasteiger partial charge in [0.25, 0.3) is 0 Å². The largest absolute Gasteiger partial charge is 0.481 e. The van der Waals surface area contributed by atoms with Gasteiger partial charge in [0.05, 0.1) is 25.7 Å². The van der Waals surface area contributed by atoms with E-state index in [1.165, 1.54) is 0 Å². The molecule has 0 radical (unpaired) electrons. The fourth-order valence-corrected chi connectivity index (χ4v) is 2.89. The van der Waals surface area contributed by atoms with Crippen molar-refractivity contribution >= 4 is 11.9 Å². The third-order valence-electron chi connectivity index (χ3n) is 3.44. The summed E-state index contributed by atoms with van der Waals surface area (Å²) in [5.41, 5.74) is 0.200. The lowest BCUT2D eigenvalue weighted by molar-refractivity contribution is -0.146. The van der Waals surface area contributed by atoms with Crippen LogP contribution in [0.2, 0.25) is 0 Å². The Hall–Kier alpha value is -1.10. The maximum atomic E-state index is 12.4. The van der Waals surface area contributed by atoms with E-state index in [1.807, 2.05) is 0 Å². The molecule has 0 spiro atoms. The molecule has 2 atom stereocenters. The van der Waals surface area contributed by atoms with Crippen molar-refractivity contribution in [2.24, 2.45) is 11.3 Å². The minimum atomic E-state index is -0.888. The van der Waals surface area contributed by atoms with Gasteiger partial charge < -0.3 is 14.7 Å². The van der Waals surface area contributed by atoms with Gasteiger partial charge in [0.15, 0.2) is 0 Å². The van der Waals surface area contributed by atoms with E-state index >= 15 is 0 Å². The maximum absolute atomic E-state index is 12.4. The molecule has 1 fully saturated rings. The normalized spacial score (nSPS) is 21.6. The van der Waals surface area contributed by atoms with Crippen LogP contribution in [0, 0.1) is 11.3 Å². The first-order valence-corrected chi connectivity index (χ1v) is 7.28. The van der Waals surface area contributed by atoms with Crippen LogP contribution in [0.3, 0.4) is 0 Å². The summed E-state index contributed by atoms with van der Waals surface area (Å²) in [6.45, 7) is 9.89. The third kappa shape index (κ3) is 5.90. The molecule has 0 aliphatic carbocycles. The maximum Gasteiger partial charge on any atom is 0.305 e. The number of carboxylic acids is 1. The van der Waals surface area contributed by atoms with Crippen LogP contribution in [-0.2, 0) is 14.3 Å². The van der Waals surface area contributed by atoms with Crippen LogP contribution in [0.1, 0.15) is 47.0 Å². The topological polar surface area (TPSA) is 66.8 Å². The van der Waals surface area contributed by atoms with Crippen molar-refractivity contribution < 1.29 is 19.4 Å². The van der Waals surface area contributed by atoms with Gasteiger partial charge in [-0.05, 0) is 17.8 Å². The van der Waals surface area contributed by atoms with Gasteiger partial charge in [-0.15, -0.1) is 0 Å². The van der Waals surface area contributed by atoms with Gasteiger partial charge in [-0.1, -0.05) is 27.7 Å². The number of hydrogen-bond donors (Lipinski definition) is 1. The molecule has 2 unspecified atom stereocenters. The summed E-state index contributed by atoms with van der Waals surface area (Å²) >= 11 is 0. The SMILES string of the molecule is CC(CC(=O)N1CCOCC1CC(=O)O)CC(C)(C)C. The van der Waals surface area contributed by atoms with Gasteiger partial charge in [0.2, 0.25) is 5.91 Å². The number of aliphatic carboxylic acids is 1. The zero-order valence-corrected chi connectivity index (χ0v) is 13.0. The molecule has 5 heteroatoms. The smallest absolute Gasteiger partial charge is 0.305 e. The lowest BCUT2D eigenvalue weighted by Gasteiger charge is -2.36. The van der Waals surface area contributed by atoms with E-state index in [4.69, 9.17) is 9.84 Å². The van der Waals surface area contributed by atoms with Crippen molar-refractivity contribution in [3.05, 3.63) is 0 Å². The summed E-state index contributed by atoms with van der Waals surface area (Å²) < 4.78 is 5.29. The summed E-state index contributed by atoms with van der Waals surface area (Å²) in [4.78, 5) is 24.9. The Kier molecular flexibility index (Phi) is 5.99. The van der Waals surface area contributed by atoms with Crippen molar-refractivity contribution in [2.45, 2.75) is 53.0 Å². The molecule has 1 rings (SSSR count). The van der Waals surface area contributed by atoms with Crippen LogP contribution in [0.4, 0.5) is 0 Å². The lowest BCUT2D eigenvalue weighted by Crippen LogP contribution is -2.49. The predicted octanol–water partition coefficient (Wildman–Crippen LogP) is 2.15. The van der Waals surface area contributed by atoms with Gasteiger partial charge in [-0.3, -0.25) is 9.59 Å². The number of carbonyl (C=O) groups excluding carboxylic acids is 1. The van der Waals surface area contributed by atoms with Gasteiger partial charge in [-0.25, -0.2) is 0 Å². The van der Waals surface area contributed by atoms with Crippen molar-refractivity contribution in [1.82, 2.24) is 4.90 Å². The van der Waals surface area contributed by atoms with Gasteiger partial charge in [0.1, 0.15) is 0 Å². The second kappa shape index (κ2) is 7.07. The number of carbonyl (C=O) groups is 2. The Morgan fingerprint density at radius 2 is 2.05 bits per heavy atom. The van der Waals surface area contributed by atoms with Gasteiger partial charge in [0, 0.05) is 13.0 Å². The molecule has 1 saturated heterocycles. The molecule has 0 aromatic carbocycles. The van der Waals surface area contributed by atoms with Crippen molar-refractivity contribution in [2.75, 3.05) is 19.8 Å². The van der Waals surface area contributed by atoms with Crippen LogP contribution >= 0.6 is 0 Å². The van der Waals surface area contributed by atoms with Crippen LogP contribution in [-0.4, -0.2) is 47.7 Å². The summed E-state index contributed by atoms with van der Waals surface area (Å²) in [6, 6.07) is -0.324. The molecule has 116 valence electrons. The molecular weight excluding hydrogens is 258 g/mol. The minimum Gasteiger partial charge on any atom is -0.481 e. The molecule has 1 amide bonds. The third-order valence-corrected chi connectivity index (χ3v) is 3.44. The molecule has 1 heterocycles. The fraction of sp³-hybridized carbons (Fsp3) is 0.867. The second-order valence-corrected chi connectivity index (χ2v) is 6.99. The first-order valence-electron chi connectivity index (χ1n) is 7.28. The first-order chi connectivity index (χ1) is 9.19. The number of hydrogen-bond acceptors (Lipinski definition) is 3. The Bertz CT molecular complexity index is 348. The van der Waals surface area contributed by atoms with E-state index in [-0.39, 0.29) is 23.8 Å². The summed E-state index contributed by atoms with van der Waals surface area (Å²) in [7, 11) is 0. The van der Waals surface area contributed by atoms with E-state index in [0.717, 1.165) is 6.42 Å². The molecule has 0 aromatic heterocycles. The molecular formula is C15H27NO4. The number of morpholine rings is 1. The van der Waals surface area contributed by atoms with Crippen LogP contribution < -0.4 is 0 Å². The number of rotatable bonds is 5. The van der Waals surface area contributed by atoms with Crippen molar-refractivity contribution in [3.8, 4) is 0 Å². The van der Waals surface area contributed by atoms with E-state index < -0.39 is 5.97 Å². The zero-order chi connectivity index (χ0) is 15.3. The Balaban J connectivity index is 2.57. The molecule has 20 heavy (non-hydrogen) atoms. The zero-order valence-electron chi connectivity index (χ0n) is 13.0. The van der Waals surface area contributed by atoms with Crippen molar-refractivity contribution in [1.29, 1.82) is 0 Å². The fourth-order valence-electron chi connectivity index (χ4n) is 2.89. The second-order valence-electron chi connectivity index (χ2n) is 6.99. The summed E-state index contributed by atoms with van der Waals surface area (Å²) in [5.74, 6) is -0.534. The van der Waals surface area contributed by atoms with Crippen LogP contribution in [0.5, 0.6) is 0 Å². The number of ether oxygens (including phenoxy) is 1. The number of nitrogens with zero attached hydrogens (tertiary/aromatic N) is 1. The highest BCUT2D eigenvalue weighted by Crippen LogP contribution is 2.27. The quantitative estimate of drug-likeness (QED) is 0.840. The van der Waals surface area contributed by atoms with E-state index in [0.29, 0.717) is 32.1 Å². The molecule has 1 N–H and O–H groups in total. The minimum absolute atomic E-state index is 0.0423. The predicted molar refractivity (Wildman–Crippen MR) is 76.4 cm³/mol. The Morgan fingerprint density at radius 1 is 1.40 bits per heavy atom. The average molecular weight is 285 g/mol. The van der Waals surface area contributed by atoms with Crippen LogP contribution in [0.15, 0.2) is 0 Å². The molecule has 0 saturated carbocycles. The highest BCUT2D eigenvalue weighted by atomic mass is 16.5. The van der Waals surface area contributed by atoms with E-state index in [1.54, 1.807) is 4.90 Å². The highest BCUT2D eigenvalue weighted by molar-refractivity contribution is 5.78. The standard InChI is InChI=1S/C15H27NO4/c1-11(9-15(2,3)4)7-13(17)16-5-6-20-10-12(16)8-14(18)19/h11-12H,5-10H2,1-4H3,(H,18,19). The molecule has 0 bridgehead atoms. The monoisotopic (exact) mass is 285 g/mol. The summed E-state index contributed by atoms with van der Waals surface area (Å²) in [6.07, 6.45) is 1.42. The number of carboxylic acid groups (broad SMARTS) is 1. The van der Waals surface area contributed by atoms with Gasteiger partial charge in [-0.2, -0.15) is 0 Å². The van der Waals surface area contributed by atoms with Crippen LogP contribution in [0.25, 0.3) is 0 Å². The Labute approximate surface area is 121 Å². The first kappa shape index (κ1) is 17.0. The molecule has 1 aliphatic rings. The van der Waals surface area contributed by atoms with Gasteiger partial charge >= 0.3 is 5.97 Å². The highest BCUT2D eigenvalue weighted by Gasteiger charge is 2.30. The number of amides is 1. The lowest BCUT2D eigenvalue weighted by atomic mass is 9.84. The summed E-state index contributed by atoms with van der Waals surface area (Å²) in [5, 5.41) is 8.91. The molecule has 0 aromatic rings. The van der Waals surface area contributed by atoms with E-state index in [9.17, 15) is 9.59 Å². The van der Waals surface area contributed by atoms with Crippen molar-refractivity contribution in [3.63, 3.8) is 0 Å².